The highest BCUT2D eigenvalue weighted by Crippen LogP contribution is 1.93. The van der Waals surface area contributed by atoms with Crippen LogP contribution in [0.25, 0.3) is 0 Å². The summed E-state index contributed by atoms with van der Waals surface area (Å²) in [5.41, 5.74) is 0. The maximum Gasteiger partial charge on any atom is 0.264 e. The first-order chi connectivity index (χ1) is 4.56. The van der Waals surface area contributed by atoms with Crippen LogP contribution < -0.4 is 0 Å². The Morgan fingerprint density at radius 2 is 2.20 bits per heavy atom. The Morgan fingerprint density at radius 3 is 2.60 bits per heavy atom. The van der Waals surface area contributed by atoms with Crippen molar-refractivity contribution in [2.45, 2.75) is 6.42 Å². The molecule has 0 aliphatic carbocycles. The lowest BCUT2D eigenvalue weighted by atomic mass is 10.4. The van der Waals surface area contributed by atoms with Gasteiger partial charge in [-0.2, -0.15) is 8.42 Å². The lowest BCUT2D eigenvalue weighted by Gasteiger charge is -1.97. The fraction of sp³-hybridized carbons (Fsp3) is 0.800. The third kappa shape index (κ3) is 8.20. The zero-order chi connectivity index (χ0) is 8.04. The number of halogens is 1. The summed E-state index contributed by atoms with van der Waals surface area (Å²) in [6, 6.07) is 0. The number of rotatable bonds is 5. The smallest absolute Gasteiger partial charge is 0.264 e. The minimum atomic E-state index is -3.28. The van der Waals surface area contributed by atoms with Crippen LogP contribution in [-0.4, -0.2) is 27.2 Å². The molecule has 0 N–H and O–H groups in total. The van der Waals surface area contributed by atoms with Gasteiger partial charge in [0.1, 0.15) is 0 Å². The molecular formula is C5H10ClO3S. The number of hydrogen-bond donors (Lipinski definition) is 0. The van der Waals surface area contributed by atoms with E-state index in [9.17, 15) is 8.42 Å². The average Bonchev–Trinajstić information content (AvgIpc) is 1.78. The Morgan fingerprint density at radius 1 is 1.60 bits per heavy atom. The summed E-state index contributed by atoms with van der Waals surface area (Å²) in [7, 11) is -3.28. The first-order valence-electron chi connectivity index (χ1n) is 2.78. The van der Waals surface area contributed by atoms with Crippen LogP contribution in [-0.2, 0) is 14.3 Å². The third-order valence-corrected chi connectivity index (χ3v) is 1.50. The van der Waals surface area contributed by atoms with Crippen molar-refractivity contribution in [2.24, 2.45) is 0 Å². The minimum absolute atomic E-state index is 0.117. The lowest BCUT2D eigenvalue weighted by molar-refractivity contribution is 0.347. The molecule has 0 amide bonds. The molecule has 0 aliphatic rings. The lowest BCUT2D eigenvalue weighted by Crippen LogP contribution is -2.04. The summed E-state index contributed by atoms with van der Waals surface area (Å²) >= 11 is 5.32. The molecule has 61 valence electrons. The minimum Gasteiger partial charge on any atom is -0.270 e. The van der Waals surface area contributed by atoms with E-state index >= 15 is 0 Å². The van der Waals surface area contributed by atoms with Gasteiger partial charge in [-0.15, -0.1) is 11.6 Å². The van der Waals surface area contributed by atoms with Gasteiger partial charge in [-0.25, -0.2) is 0 Å². The first-order valence-corrected chi connectivity index (χ1v) is 5.13. The maximum atomic E-state index is 10.3. The Labute approximate surface area is 66.5 Å². The van der Waals surface area contributed by atoms with Crippen molar-refractivity contribution >= 4 is 21.7 Å². The van der Waals surface area contributed by atoms with Crippen LogP contribution in [0.15, 0.2) is 0 Å². The van der Waals surface area contributed by atoms with E-state index in [4.69, 9.17) is 11.6 Å². The van der Waals surface area contributed by atoms with E-state index < -0.39 is 10.1 Å². The molecule has 0 atom stereocenters. The Kier molecular flexibility index (Phi) is 5.03. The van der Waals surface area contributed by atoms with E-state index in [1.165, 1.54) is 0 Å². The number of unbranched alkanes of at least 4 members (excludes halogenated alkanes) is 1. The zero-order valence-corrected chi connectivity index (χ0v) is 7.28. The van der Waals surface area contributed by atoms with Crippen molar-refractivity contribution < 1.29 is 12.6 Å². The molecule has 0 bridgehead atoms. The second kappa shape index (κ2) is 4.93. The van der Waals surface area contributed by atoms with E-state index in [-0.39, 0.29) is 6.61 Å². The van der Waals surface area contributed by atoms with Crippen LogP contribution in [0.4, 0.5) is 0 Å². The van der Waals surface area contributed by atoms with E-state index in [0.29, 0.717) is 12.3 Å². The molecule has 0 aromatic rings. The fourth-order valence-corrected chi connectivity index (χ4v) is 0.830. The van der Waals surface area contributed by atoms with Crippen molar-refractivity contribution in [1.29, 1.82) is 0 Å². The second-order valence-corrected chi connectivity index (χ2v) is 3.78. The van der Waals surface area contributed by atoms with Crippen molar-refractivity contribution in [3.8, 4) is 0 Å². The monoisotopic (exact) mass is 185 g/mol. The molecule has 0 heterocycles. The number of hydrogen-bond acceptors (Lipinski definition) is 3. The van der Waals surface area contributed by atoms with Gasteiger partial charge in [-0.1, -0.05) is 0 Å². The highest BCUT2D eigenvalue weighted by molar-refractivity contribution is 7.85. The molecule has 0 spiro atoms. The van der Waals surface area contributed by atoms with Crippen LogP contribution in [0.1, 0.15) is 6.42 Å². The summed E-state index contributed by atoms with van der Waals surface area (Å²) < 4.78 is 25.0. The quantitative estimate of drug-likeness (QED) is 0.362. The molecule has 0 fully saturated rings. The molecule has 0 saturated carbocycles. The van der Waals surface area contributed by atoms with Crippen molar-refractivity contribution in [3.63, 3.8) is 0 Å². The van der Waals surface area contributed by atoms with Gasteiger partial charge in [-0.05, 0) is 12.8 Å². The van der Waals surface area contributed by atoms with Gasteiger partial charge in [-0.3, -0.25) is 4.18 Å². The van der Waals surface area contributed by atoms with Gasteiger partial charge in [0.25, 0.3) is 10.1 Å². The van der Waals surface area contributed by atoms with E-state index in [1.807, 2.05) is 0 Å². The zero-order valence-electron chi connectivity index (χ0n) is 5.71. The van der Waals surface area contributed by atoms with Crippen LogP contribution in [0.3, 0.4) is 0 Å². The van der Waals surface area contributed by atoms with Crippen molar-refractivity contribution in [1.82, 2.24) is 0 Å². The molecule has 0 aromatic carbocycles. The molecule has 5 heteroatoms. The topological polar surface area (TPSA) is 43.4 Å². The van der Waals surface area contributed by atoms with Crippen molar-refractivity contribution in [3.05, 3.63) is 6.42 Å². The molecule has 0 aromatic heterocycles. The van der Waals surface area contributed by atoms with Crippen LogP contribution in [0.2, 0.25) is 0 Å². The van der Waals surface area contributed by atoms with Gasteiger partial charge in [0.15, 0.2) is 0 Å². The van der Waals surface area contributed by atoms with Crippen molar-refractivity contribution in [2.75, 3.05) is 18.7 Å². The Hall–Kier alpha value is 0.200. The van der Waals surface area contributed by atoms with E-state index in [0.717, 1.165) is 6.26 Å². The second-order valence-electron chi connectivity index (χ2n) is 1.75. The largest absolute Gasteiger partial charge is 0.270 e. The van der Waals surface area contributed by atoms with Gasteiger partial charge < -0.3 is 0 Å². The van der Waals surface area contributed by atoms with Gasteiger partial charge in [0.2, 0.25) is 0 Å². The Bertz CT molecular complexity index is 164. The number of alkyl halides is 1. The molecule has 0 saturated heterocycles. The average molecular weight is 186 g/mol. The highest BCUT2D eigenvalue weighted by atomic mass is 35.5. The predicted octanol–water partition coefficient (Wildman–Crippen LogP) is 0.796. The molecule has 0 unspecified atom stereocenters. The summed E-state index contributed by atoms with van der Waals surface area (Å²) in [6.07, 6.45) is 3.35. The van der Waals surface area contributed by atoms with Gasteiger partial charge in [0.05, 0.1) is 12.9 Å². The SMILES string of the molecule is CS(=O)(=O)OC[CH]CCCl. The van der Waals surface area contributed by atoms with Crippen LogP contribution in [0.5, 0.6) is 0 Å². The summed E-state index contributed by atoms with van der Waals surface area (Å²) in [5.74, 6) is 0.493. The summed E-state index contributed by atoms with van der Waals surface area (Å²) in [4.78, 5) is 0. The summed E-state index contributed by atoms with van der Waals surface area (Å²) in [5, 5.41) is 0. The predicted molar refractivity (Wildman–Crippen MR) is 40.4 cm³/mol. The van der Waals surface area contributed by atoms with E-state index in [1.54, 1.807) is 6.42 Å². The molecule has 3 nitrogen and oxygen atoms in total. The third-order valence-electron chi connectivity index (χ3n) is 0.713. The molecule has 0 aliphatic heterocycles. The molecule has 1 radical (unpaired) electrons. The van der Waals surface area contributed by atoms with E-state index in [2.05, 4.69) is 4.18 Å². The highest BCUT2D eigenvalue weighted by Gasteiger charge is 1.99. The fourth-order valence-electron chi connectivity index (χ4n) is 0.332. The maximum absolute atomic E-state index is 10.3. The van der Waals surface area contributed by atoms with Gasteiger partial charge in [0, 0.05) is 5.88 Å². The first kappa shape index (κ1) is 10.2. The molecule has 0 rings (SSSR count). The molecular weight excluding hydrogens is 176 g/mol. The van der Waals surface area contributed by atoms with Crippen LogP contribution >= 0.6 is 11.6 Å². The normalized spacial score (nSPS) is 11.8. The summed E-state index contributed by atoms with van der Waals surface area (Å²) in [6.45, 7) is 0.117. The van der Waals surface area contributed by atoms with Gasteiger partial charge >= 0.3 is 0 Å². The molecule has 10 heavy (non-hydrogen) atoms. The standard InChI is InChI=1S/C5H10ClO3S/c1-10(7,8)9-5-3-2-4-6/h3H,2,4-5H2,1H3. The Balaban J connectivity index is 3.21. The van der Waals surface area contributed by atoms with Crippen LogP contribution in [0, 0.1) is 6.42 Å².